The first-order valence-corrected chi connectivity index (χ1v) is 7.11. The molecule has 2 heterocycles. The maximum absolute atomic E-state index is 8.76. The number of hydrogen-bond donors (Lipinski definition) is 1. The monoisotopic (exact) mass is 265 g/mol. The molecule has 2 rings (SSSR count). The summed E-state index contributed by atoms with van der Waals surface area (Å²) >= 11 is 0. The topological polar surface area (TPSA) is 58.5 Å². The van der Waals surface area contributed by atoms with Crippen LogP contribution in [0.5, 0.6) is 0 Å². The number of aliphatic hydroxyl groups excluding tert-OH is 1. The highest BCUT2D eigenvalue weighted by molar-refractivity contribution is 5.39. The molecule has 5 nitrogen and oxygen atoms in total. The Balaban J connectivity index is 1.88. The molecule has 1 aromatic heterocycles. The molecule has 0 bridgehead atoms. The molecule has 0 aliphatic carbocycles. The van der Waals surface area contributed by atoms with Crippen molar-refractivity contribution in [3.8, 4) is 0 Å². The van der Waals surface area contributed by atoms with Gasteiger partial charge in [0.05, 0.1) is 19.3 Å². The number of aryl methyl sites for hydroxylation is 1. The number of rotatable bonds is 6. The Morgan fingerprint density at radius 3 is 2.84 bits per heavy atom. The first-order valence-electron chi connectivity index (χ1n) is 7.11. The summed E-state index contributed by atoms with van der Waals surface area (Å²) in [6.07, 6.45) is 6.04. The van der Waals surface area contributed by atoms with E-state index in [1.54, 1.807) is 6.33 Å². The van der Waals surface area contributed by atoms with E-state index in [1.165, 1.54) is 0 Å². The van der Waals surface area contributed by atoms with Gasteiger partial charge in [0.2, 0.25) is 0 Å². The Morgan fingerprint density at radius 2 is 2.16 bits per heavy atom. The lowest BCUT2D eigenvalue weighted by molar-refractivity contribution is 0.0158. The van der Waals surface area contributed by atoms with Gasteiger partial charge in [-0.25, -0.2) is 9.97 Å². The zero-order valence-electron chi connectivity index (χ0n) is 11.6. The van der Waals surface area contributed by atoms with Crippen molar-refractivity contribution in [2.45, 2.75) is 38.7 Å². The summed E-state index contributed by atoms with van der Waals surface area (Å²) in [5, 5.41) is 8.76. The van der Waals surface area contributed by atoms with E-state index in [0.717, 1.165) is 50.3 Å². The van der Waals surface area contributed by atoms with Crippen LogP contribution < -0.4 is 4.90 Å². The van der Waals surface area contributed by atoms with E-state index in [9.17, 15) is 0 Å². The van der Waals surface area contributed by atoms with Crippen molar-refractivity contribution in [1.82, 2.24) is 9.97 Å². The van der Waals surface area contributed by atoms with Gasteiger partial charge in [0, 0.05) is 24.8 Å². The Labute approximate surface area is 114 Å². The van der Waals surface area contributed by atoms with E-state index < -0.39 is 0 Å². The average molecular weight is 265 g/mol. The molecule has 1 fully saturated rings. The Kier molecular flexibility index (Phi) is 5.54. The van der Waals surface area contributed by atoms with Crippen LogP contribution in [0.15, 0.2) is 12.4 Å². The molecule has 0 atom stereocenters. The normalized spacial score (nSPS) is 16.8. The highest BCUT2D eigenvalue weighted by Crippen LogP contribution is 2.20. The lowest BCUT2D eigenvalue weighted by Gasteiger charge is -2.32. The number of ether oxygens (including phenoxy) is 1. The second-order valence-corrected chi connectivity index (χ2v) is 4.90. The molecule has 106 valence electrons. The molecule has 1 aliphatic rings. The van der Waals surface area contributed by atoms with Gasteiger partial charge in [0.15, 0.2) is 0 Å². The standard InChI is InChI=1S/C14H23N3O2/c1-2-3-12-10-14(16-11-15-12)17-6-4-13(5-7-17)19-9-8-18/h10-11,13,18H,2-9H2,1H3. The third kappa shape index (κ3) is 4.14. The fourth-order valence-electron chi connectivity index (χ4n) is 2.42. The molecule has 1 saturated heterocycles. The Morgan fingerprint density at radius 1 is 1.37 bits per heavy atom. The van der Waals surface area contributed by atoms with Crippen molar-refractivity contribution < 1.29 is 9.84 Å². The summed E-state index contributed by atoms with van der Waals surface area (Å²) < 4.78 is 5.57. The van der Waals surface area contributed by atoms with Crippen molar-refractivity contribution >= 4 is 5.82 Å². The largest absolute Gasteiger partial charge is 0.394 e. The number of piperidine rings is 1. The molecule has 1 aromatic rings. The van der Waals surface area contributed by atoms with Crippen LogP contribution in [0, 0.1) is 0 Å². The summed E-state index contributed by atoms with van der Waals surface area (Å²) in [5.74, 6) is 1.03. The van der Waals surface area contributed by atoms with Crippen molar-refractivity contribution in [2.75, 3.05) is 31.2 Å². The molecule has 0 unspecified atom stereocenters. The van der Waals surface area contributed by atoms with Crippen LogP contribution in [0.1, 0.15) is 31.9 Å². The third-order valence-corrected chi connectivity index (χ3v) is 3.43. The summed E-state index contributed by atoms with van der Waals surface area (Å²) in [5.41, 5.74) is 1.12. The zero-order chi connectivity index (χ0) is 13.5. The zero-order valence-corrected chi connectivity index (χ0v) is 11.6. The van der Waals surface area contributed by atoms with Crippen LogP contribution in [0.3, 0.4) is 0 Å². The first-order chi connectivity index (χ1) is 9.33. The van der Waals surface area contributed by atoms with Gasteiger partial charge in [-0.1, -0.05) is 13.3 Å². The van der Waals surface area contributed by atoms with Gasteiger partial charge in [-0.3, -0.25) is 0 Å². The minimum absolute atomic E-state index is 0.104. The van der Waals surface area contributed by atoms with E-state index in [0.29, 0.717) is 6.61 Å². The van der Waals surface area contributed by atoms with Gasteiger partial charge in [-0.2, -0.15) is 0 Å². The highest BCUT2D eigenvalue weighted by Gasteiger charge is 2.20. The average Bonchev–Trinajstić information content (AvgIpc) is 2.46. The van der Waals surface area contributed by atoms with E-state index >= 15 is 0 Å². The number of hydrogen-bond acceptors (Lipinski definition) is 5. The maximum Gasteiger partial charge on any atom is 0.132 e. The summed E-state index contributed by atoms with van der Waals surface area (Å²) in [4.78, 5) is 10.9. The molecule has 5 heteroatoms. The number of anilines is 1. The van der Waals surface area contributed by atoms with Gasteiger partial charge in [0.1, 0.15) is 12.1 Å². The summed E-state index contributed by atoms with van der Waals surface area (Å²) in [6, 6.07) is 2.10. The number of aliphatic hydroxyl groups is 1. The molecule has 19 heavy (non-hydrogen) atoms. The summed E-state index contributed by atoms with van der Waals surface area (Å²) in [6.45, 7) is 4.62. The van der Waals surface area contributed by atoms with Crippen molar-refractivity contribution in [3.05, 3.63) is 18.1 Å². The minimum atomic E-state index is 0.104. The first kappa shape index (κ1) is 14.2. The van der Waals surface area contributed by atoms with E-state index in [2.05, 4.69) is 27.9 Å². The minimum Gasteiger partial charge on any atom is -0.394 e. The molecule has 1 N–H and O–H groups in total. The molecule has 0 aromatic carbocycles. The molecular formula is C14H23N3O2. The van der Waals surface area contributed by atoms with E-state index in [1.807, 2.05) is 0 Å². The summed E-state index contributed by atoms with van der Waals surface area (Å²) in [7, 11) is 0. The molecular weight excluding hydrogens is 242 g/mol. The van der Waals surface area contributed by atoms with Crippen LogP contribution in [-0.4, -0.2) is 47.5 Å². The molecule has 0 saturated carbocycles. The lowest BCUT2D eigenvalue weighted by atomic mass is 10.1. The second kappa shape index (κ2) is 7.40. The highest BCUT2D eigenvalue weighted by atomic mass is 16.5. The molecule has 0 radical (unpaired) electrons. The van der Waals surface area contributed by atoms with Gasteiger partial charge in [0.25, 0.3) is 0 Å². The molecule has 0 spiro atoms. The quantitative estimate of drug-likeness (QED) is 0.842. The molecule has 1 aliphatic heterocycles. The lowest BCUT2D eigenvalue weighted by Crippen LogP contribution is -2.37. The van der Waals surface area contributed by atoms with E-state index in [4.69, 9.17) is 9.84 Å². The molecule has 0 amide bonds. The third-order valence-electron chi connectivity index (χ3n) is 3.43. The smallest absolute Gasteiger partial charge is 0.132 e. The van der Waals surface area contributed by atoms with Gasteiger partial charge < -0.3 is 14.7 Å². The van der Waals surface area contributed by atoms with Crippen molar-refractivity contribution in [3.63, 3.8) is 0 Å². The predicted molar refractivity (Wildman–Crippen MR) is 74.3 cm³/mol. The Bertz CT molecular complexity index is 379. The van der Waals surface area contributed by atoms with Crippen LogP contribution in [-0.2, 0) is 11.2 Å². The SMILES string of the molecule is CCCc1cc(N2CCC(OCCO)CC2)ncn1. The second-order valence-electron chi connectivity index (χ2n) is 4.90. The number of nitrogens with zero attached hydrogens (tertiary/aromatic N) is 3. The van der Waals surface area contributed by atoms with Crippen LogP contribution >= 0.6 is 0 Å². The fourth-order valence-corrected chi connectivity index (χ4v) is 2.42. The van der Waals surface area contributed by atoms with Gasteiger partial charge in [-0.05, 0) is 19.3 Å². The van der Waals surface area contributed by atoms with Gasteiger partial charge in [-0.15, -0.1) is 0 Å². The predicted octanol–water partition coefficient (Wildman–Crippen LogP) is 1.41. The fraction of sp³-hybridized carbons (Fsp3) is 0.714. The van der Waals surface area contributed by atoms with Crippen LogP contribution in [0.25, 0.3) is 0 Å². The van der Waals surface area contributed by atoms with Crippen LogP contribution in [0.2, 0.25) is 0 Å². The van der Waals surface area contributed by atoms with Crippen molar-refractivity contribution in [1.29, 1.82) is 0 Å². The maximum atomic E-state index is 8.76. The van der Waals surface area contributed by atoms with Crippen molar-refractivity contribution in [2.24, 2.45) is 0 Å². The number of aromatic nitrogens is 2. The Hall–Kier alpha value is -1.20. The van der Waals surface area contributed by atoms with Crippen LogP contribution in [0.4, 0.5) is 5.82 Å². The van der Waals surface area contributed by atoms with E-state index in [-0.39, 0.29) is 12.7 Å². The van der Waals surface area contributed by atoms with Gasteiger partial charge >= 0.3 is 0 Å².